The highest BCUT2D eigenvalue weighted by atomic mass is 16.3. The molecule has 1 rings (SSSR count). The molecule has 5 nitrogen and oxygen atoms in total. The summed E-state index contributed by atoms with van der Waals surface area (Å²) < 4.78 is 5.22. The molecule has 16 heavy (non-hydrogen) atoms. The second kappa shape index (κ2) is 7.03. The normalized spacial score (nSPS) is 10.7. The van der Waals surface area contributed by atoms with Crippen molar-refractivity contribution in [1.82, 2.24) is 10.2 Å². The third kappa shape index (κ3) is 4.46. The molecule has 0 aliphatic rings. The lowest BCUT2D eigenvalue weighted by molar-refractivity contribution is -0.122. The number of likely N-dealkylation sites (N-methyl/N-ethyl adjacent to an activating group) is 1. The summed E-state index contributed by atoms with van der Waals surface area (Å²) in [5, 5.41) is 11.2. The molecule has 5 heteroatoms. The molecule has 0 aliphatic heterocycles. The lowest BCUT2D eigenvalue weighted by Crippen LogP contribution is -2.37. The molecule has 90 valence electrons. The van der Waals surface area contributed by atoms with Gasteiger partial charge < -0.3 is 14.8 Å². The fourth-order valence-electron chi connectivity index (χ4n) is 1.36. The average Bonchev–Trinajstić information content (AvgIpc) is 2.78. The predicted molar refractivity (Wildman–Crippen MR) is 59.8 cm³/mol. The number of aliphatic hydroxyl groups excluding tert-OH is 1. The van der Waals surface area contributed by atoms with E-state index >= 15 is 0 Å². The van der Waals surface area contributed by atoms with E-state index in [9.17, 15) is 4.79 Å². The zero-order chi connectivity index (χ0) is 11.8. The van der Waals surface area contributed by atoms with Crippen LogP contribution in [0.3, 0.4) is 0 Å². The first kappa shape index (κ1) is 12.7. The van der Waals surface area contributed by atoms with Crippen molar-refractivity contribution >= 4 is 5.91 Å². The smallest absolute Gasteiger partial charge is 0.234 e. The van der Waals surface area contributed by atoms with Gasteiger partial charge in [-0.25, -0.2) is 0 Å². The van der Waals surface area contributed by atoms with Crippen molar-refractivity contribution < 1.29 is 14.3 Å². The standard InChI is InChI=1S/C11H18N2O3/c1-2-13(8-10-4-3-7-16-10)9-11(15)12-5-6-14/h3-4,7,14H,2,5-6,8-9H2,1H3,(H,12,15). The third-order valence-corrected chi connectivity index (χ3v) is 2.21. The molecule has 1 aromatic heterocycles. The second-order valence-corrected chi connectivity index (χ2v) is 3.46. The van der Waals surface area contributed by atoms with Gasteiger partial charge in [-0.2, -0.15) is 0 Å². The molecule has 0 unspecified atom stereocenters. The summed E-state index contributed by atoms with van der Waals surface area (Å²) in [4.78, 5) is 13.4. The monoisotopic (exact) mass is 226 g/mol. The van der Waals surface area contributed by atoms with Gasteiger partial charge in [0.2, 0.25) is 5.91 Å². The lowest BCUT2D eigenvalue weighted by Gasteiger charge is -2.18. The van der Waals surface area contributed by atoms with Gasteiger partial charge in [0, 0.05) is 6.54 Å². The summed E-state index contributed by atoms with van der Waals surface area (Å²) in [5.41, 5.74) is 0. The highest BCUT2D eigenvalue weighted by Crippen LogP contribution is 2.04. The lowest BCUT2D eigenvalue weighted by atomic mass is 10.3. The number of carbonyl (C=O) groups is 1. The van der Waals surface area contributed by atoms with Gasteiger partial charge in [-0.3, -0.25) is 9.69 Å². The molecule has 0 spiro atoms. The number of rotatable bonds is 7. The summed E-state index contributed by atoms with van der Waals surface area (Å²) in [6, 6.07) is 3.71. The van der Waals surface area contributed by atoms with Gasteiger partial charge >= 0.3 is 0 Å². The first-order chi connectivity index (χ1) is 7.76. The largest absolute Gasteiger partial charge is 0.468 e. The van der Waals surface area contributed by atoms with E-state index in [0.717, 1.165) is 12.3 Å². The molecule has 0 radical (unpaired) electrons. The quantitative estimate of drug-likeness (QED) is 0.697. The maximum atomic E-state index is 11.4. The highest BCUT2D eigenvalue weighted by molar-refractivity contribution is 5.77. The molecule has 1 heterocycles. The minimum Gasteiger partial charge on any atom is -0.468 e. The van der Waals surface area contributed by atoms with Gasteiger partial charge in [-0.1, -0.05) is 6.92 Å². The number of carbonyl (C=O) groups excluding carboxylic acids is 1. The Bertz CT molecular complexity index is 298. The Morgan fingerprint density at radius 3 is 3.00 bits per heavy atom. The molecule has 0 bridgehead atoms. The maximum Gasteiger partial charge on any atom is 0.234 e. The van der Waals surface area contributed by atoms with Gasteiger partial charge in [0.25, 0.3) is 0 Å². The van der Waals surface area contributed by atoms with E-state index in [4.69, 9.17) is 9.52 Å². The minimum atomic E-state index is -0.0811. The zero-order valence-corrected chi connectivity index (χ0v) is 9.48. The van der Waals surface area contributed by atoms with Gasteiger partial charge in [-0.15, -0.1) is 0 Å². The number of hydrogen-bond acceptors (Lipinski definition) is 4. The molecule has 1 amide bonds. The number of hydrogen-bond donors (Lipinski definition) is 2. The Balaban J connectivity index is 2.34. The van der Waals surface area contributed by atoms with E-state index in [1.807, 2.05) is 24.0 Å². The number of furan rings is 1. The van der Waals surface area contributed by atoms with Crippen LogP contribution in [0, 0.1) is 0 Å². The summed E-state index contributed by atoms with van der Waals surface area (Å²) >= 11 is 0. The van der Waals surface area contributed by atoms with Crippen LogP contribution in [0.2, 0.25) is 0 Å². The molecular weight excluding hydrogens is 208 g/mol. The second-order valence-electron chi connectivity index (χ2n) is 3.46. The number of amides is 1. The van der Waals surface area contributed by atoms with E-state index in [0.29, 0.717) is 19.6 Å². The molecule has 2 N–H and O–H groups in total. The molecule has 0 aliphatic carbocycles. The summed E-state index contributed by atoms with van der Waals surface area (Å²) in [6.45, 7) is 3.97. The van der Waals surface area contributed by atoms with Crippen LogP contribution >= 0.6 is 0 Å². The predicted octanol–water partition coefficient (Wildman–Crippen LogP) is 0.210. The van der Waals surface area contributed by atoms with Crippen molar-refractivity contribution in [3.8, 4) is 0 Å². The van der Waals surface area contributed by atoms with E-state index in [-0.39, 0.29) is 12.5 Å². The Hall–Kier alpha value is -1.33. The Morgan fingerprint density at radius 2 is 2.44 bits per heavy atom. The van der Waals surface area contributed by atoms with Crippen molar-refractivity contribution in [2.75, 3.05) is 26.2 Å². The molecule has 0 saturated carbocycles. The maximum absolute atomic E-state index is 11.4. The van der Waals surface area contributed by atoms with Gasteiger partial charge in [0.05, 0.1) is 26.0 Å². The van der Waals surface area contributed by atoms with Crippen LogP contribution in [0.1, 0.15) is 12.7 Å². The van der Waals surface area contributed by atoms with E-state index in [1.54, 1.807) is 6.26 Å². The third-order valence-electron chi connectivity index (χ3n) is 2.21. The number of nitrogens with one attached hydrogen (secondary N) is 1. The topological polar surface area (TPSA) is 65.7 Å². The molecule has 0 fully saturated rings. The van der Waals surface area contributed by atoms with Crippen molar-refractivity contribution in [2.45, 2.75) is 13.5 Å². The van der Waals surface area contributed by atoms with Crippen LogP contribution in [0.4, 0.5) is 0 Å². The van der Waals surface area contributed by atoms with E-state index < -0.39 is 0 Å². The summed E-state index contributed by atoms with van der Waals surface area (Å²) in [6.07, 6.45) is 1.62. The summed E-state index contributed by atoms with van der Waals surface area (Å²) in [7, 11) is 0. The number of aliphatic hydroxyl groups is 1. The minimum absolute atomic E-state index is 0.0317. The molecule has 1 aromatic rings. The van der Waals surface area contributed by atoms with Crippen LogP contribution in [-0.2, 0) is 11.3 Å². The van der Waals surface area contributed by atoms with Crippen LogP contribution in [0.15, 0.2) is 22.8 Å². The van der Waals surface area contributed by atoms with Crippen molar-refractivity contribution in [2.24, 2.45) is 0 Å². The Morgan fingerprint density at radius 1 is 1.62 bits per heavy atom. The zero-order valence-electron chi connectivity index (χ0n) is 9.48. The fourth-order valence-corrected chi connectivity index (χ4v) is 1.36. The summed E-state index contributed by atoms with van der Waals surface area (Å²) in [5.74, 6) is 0.763. The number of nitrogens with zero attached hydrogens (tertiary/aromatic N) is 1. The first-order valence-corrected chi connectivity index (χ1v) is 5.38. The SMILES string of the molecule is CCN(CC(=O)NCCO)Cc1ccco1. The molecular formula is C11H18N2O3. The van der Waals surface area contributed by atoms with Crippen molar-refractivity contribution in [3.05, 3.63) is 24.2 Å². The molecule has 0 aromatic carbocycles. The van der Waals surface area contributed by atoms with Crippen LogP contribution < -0.4 is 5.32 Å². The van der Waals surface area contributed by atoms with Gasteiger partial charge in [-0.05, 0) is 18.7 Å². The Kier molecular flexibility index (Phi) is 5.60. The molecule has 0 saturated heterocycles. The fraction of sp³-hybridized carbons (Fsp3) is 0.545. The highest BCUT2D eigenvalue weighted by Gasteiger charge is 2.10. The van der Waals surface area contributed by atoms with Gasteiger partial charge in [0.1, 0.15) is 5.76 Å². The van der Waals surface area contributed by atoms with Crippen molar-refractivity contribution in [3.63, 3.8) is 0 Å². The van der Waals surface area contributed by atoms with Crippen LogP contribution in [0.25, 0.3) is 0 Å². The van der Waals surface area contributed by atoms with Crippen LogP contribution in [-0.4, -0.2) is 42.2 Å². The Labute approximate surface area is 95.0 Å². The average molecular weight is 226 g/mol. The molecule has 0 atom stereocenters. The van der Waals surface area contributed by atoms with Crippen molar-refractivity contribution in [1.29, 1.82) is 0 Å². The van der Waals surface area contributed by atoms with E-state index in [1.165, 1.54) is 0 Å². The van der Waals surface area contributed by atoms with Gasteiger partial charge in [0.15, 0.2) is 0 Å². The van der Waals surface area contributed by atoms with Crippen LogP contribution in [0.5, 0.6) is 0 Å². The first-order valence-electron chi connectivity index (χ1n) is 5.38. The van der Waals surface area contributed by atoms with E-state index in [2.05, 4.69) is 5.32 Å².